The zero-order valence-electron chi connectivity index (χ0n) is 21.3. The summed E-state index contributed by atoms with van der Waals surface area (Å²) < 4.78 is -0.220. The summed E-state index contributed by atoms with van der Waals surface area (Å²) in [6.45, 7) is 1.81. The van der Waals surface area contributed by atoms with Crippen molar-refractivity contribution < 1.29 is 5.11 Å². The SMILES string of the molecule is CN(CC#CCCC1(C(O)(c2ccccc2)C2CCCCC2)SCCCS1)CCc1ccccc1. The van der Waals surface area contributed by atoms with Crippen LogP contribution in [0.1, 0.15) is 62.5 Å². The zero-order valence-corrected chi connectivity index (χ0v) is 22.9. The van der Waals surface area contributed by atoms with E-state index < -0.39 is 5.60 Å². The van der Waals surface area contributed by atoms with Crippen molar-refractivity contribution >= 4 is 23.5 Å². The van der Waals surface area contributed by atoms with Gasteiger partial charge in [-0.3, -0.25) is 4.90 Å². The van der Waals surface area contributed by atoms with Crippen LogP contribution < -0.4 is 0 Å². The van der Waals surface area contributed by atoms with E-state index in [4.69, 9.17) is 0 Å². The van der Waals surface area contributed by atoms with E-state index in [9.17, 15) is 5.11 Å². The van der Waals surface area contributed by atoms with Crippen molar-refractivity contribution in [3.63, 3.8) is 0 Å². The maximum absolute atomic E-state index is 12.7. The van der Waals surface area contributed by atoms with Crippen molar-refractivity contribution in [3.8, 4) is 11.8 Å². The topological polar surface area (TPSA) is 23.5 Å². The molecule has 4 heteroatoms. The molecule has 1 aliphatic carbocycles. The minimum Gasteiger partial charge on any atom is -0.383 e. The minimum absolute atomic E-state index is 0.220. The van der Waals surface area contributed by atoms with Gasteiger partial charge >= 0.3 is 0 Å². The number of likely N-dealkylation sites (N-methyl/N-ethyl adjacent to an activating group) is 1. The van der Waals surface area contributed by atoms with Gasteiger partial charge in [0.1, 0.15) is 5.60 Å². The number of hydrogen-bond acceptors (Lipinski definition) is 4. The zero-order chi connectivity index (χ0) is 24.4. The summed E-state index contributed by atoms with van der Waals surface area (Å²) in [7, 11) is 2.16. The van der Waals surface area contributed by atoms with Crippen LogP contribution in [0.15, 0.2) is 60.7 Å². The van der Waals surface area contributed by atoms with Crippen molar-refractivity contribution in [3.05, 3.63) is 71.8 Å². The maximum Gasteiger partial charge on any atom is 0.116 e. The second kappa shape index (κ2) is 13.2. The summed E-state index contributed by atoms with van der Waals surface area (Å²) in [6, 6.07) is 21.3. The summed E-state index contributed by atoms with van der Waals surface area (Å²) in [6.07, 6.45) is 10.1. The number of hydrogen-bond donors (Lipinski definition) is 1. The third-order valence-electron chi connectivity index (χ3n) is 7.63. The van der Waals surface area contributed by atoms with Gasteiger partial charge in [-0.15, -0.1) is 29.4 Å². The molecule has 1 atom stereocenters. The maximum atomic E-state index is 12.7. The third kappa shape index (κ3) is 6.69. The minimum atomic E-state index is -0.807. The molecule has 1 N–H and O–H groups in total. The molecule has 2 fully saturated rings. The van der Waals surface area contributed by atoms with Crippen LogP contribution in [-0.4, -0.2) is 45.7 Å². The average Bonchev–Trinajstić information content (AvgIpc) is 2.93. The van der Waals surface area contributed by atoms with Crippen molar-refractivity contribution in [2.75, 3.05) is 31.6 Å². The fraction of sp³-hybridized carbons (Fsp3) is 0.548. The second-order valence-corrected chi connectivity index (χ2v) is 13.1. The molecule has 0 amide bonds. The summed E-state index contributed by atoms with van der Waals surface area (Å²) in [4.78, 5) is 2.31. The first-order chi connectivity index (χ1) is 17.1. The molecule has 1 aliphatic heterocycles. The average molecular weight is 508 g/mol. The fourth-order valence-corrected chi connectivity index (χ4v) is 9.41. The number of benzene rings is 2. The Morgan fingerprint density at radius 1 is 0.914 bits per heavy atom. The molecular formula is C31H41NOS2. The van der Waals surface area contributed by atoms with Crippen LogP contribution in [0.25, 0.3) is 0 Å². The molecular weight excluding hydrogens is 466 g/mol. The molecule has 0 bridgehead atoms. The first-order valence-electron chi connectivity index (χ1n) is 13.4. The number of nitrogens with zero attached hydrogens (tertiary/aromatic N) is 1. The summed E-state index contributed by atoms with van der Waals surface area (Å²) in [5, 5.41) is 12.7. The molecule has 1 unspecified atom stereocenters. The van der Waals surface area contributed by atoms with Crippen LogP contribution in [0.5, 0.6) is 0 Å². The quantitative estimate of drug-likeness (QED) is 0.370. The van der Waals surface area contributed by atoms with E-state index in [1.807, 2.05) is 23.5 Å². The van der Waals surface area contributed by atoms with Gasteiger partial charge in [-0.1, -0.05) is 85.8 Å². The highest BCUT2D eigenvalue weighted by molar-refractivity contribution is 8.18. The molecule has 2 nitrogen and oxygen atoms in total. The molecule has 35 heavy (non-hydrogen) atoms. The lowest BCUT2D eigenvalue weighted by molar-refractivity contribution is -0.0508. The normalized spacial score (nSPS) is 20.1. The third-order valence-corrected chi connectivity index (χ3v) is 11.3. The van der Waals surface area contributed by atoms with Crippen LogP contribution in [0.4, 0.5) is 0 Å². The standard InChI is InChI=1S/C31H41NOS2/c1-32(24-21-27-15-6-2-7-16-27)23-13-5-12-22-30(34-25-14-26-35-30)31(33,28-17-8-3-9-18-28)29-19-10-4-11-20-29/h2-3,6-9,15-18,29,33H,4,10-12,14,19-26H2,1H3. The van der Waals surface area contributed by atoms with Crippen molar-refractivity contribution in [1.82, 2.24) is 4.90 Å². The van der Waals surface area contributed by atoms with E-state index >= 15 is 0 Å². The van der Waals surface area contributed by atoms with Crippen LogP contribution >= 0.6 is 23.5 Å². The van der Waals surface area contributed by atoms with Crippen LogP contribution in [0.2, 0.25) is 0 Å². The van der Waals surface area contributed by atoms with Gasteiger partial charge in [0.15, 0.2) is 0 Å². The van der Waals surface area contributed by atoms with Crippen LogP contribution in [0.3, 0.4) is 0 Å². The molecule has 2 aliphatic rings. The highest BCUT2D eigenvalue weighted by Gasteiger charge is 2.56. The van der Waals surface area contributed by atoms with E-state index in [0.717, 1.165) is 62.3 Å². The van der Waals surface area contributed by atoms with E-state index in [1.165, 1.54) is 31.2 Å². The number of rotatable bonds is 9. The van der Waals surface area contributed by atoms with E-state index in [0.29, 0.717) is 5.92 Å². The highest BCUT2D eigenvalue weighted by atomic mass is 32.2. The largest absolute Gasteiger partial charge is 0.383 e. The Morgan fingerprint density at radius 2 is 1.57 bits per heavy atom. The van der Waals surface area contributed by atoms with E-state index in [-0.39, 0.29) is 4.08 Å². The Kier molecular flexibility index (Phi) is 10.1. The predicted molar refractivity (Wildman–Crippen MR) is 154 cm³/mol. The van der Waals surface area contributed by atoms with Gasteiger partial charge in [0, 0.05) is 13.0 Å². The molecule has 1 heterocycles. The molecule has 0 spiro atoms. The lowest BCUT2D eigenvalue weighted by Crippen LogP contribution is -2.54. The lowest BCUT2D eigenvalue weighted by atomic mass is 9.70. The summed E-state index contributed by atoms with van der Waals surface area (Å²) >= 11 is 4.02. The molecule has 2 aromatic carbocycles. The fourth-order valence-electron chi connectivity index (χ4n) is 5.66. The van der Waals surface area contributed by atoms with Gasteiger partial charge in [-0.05, 0) is 67.7 Å². The monoisotopic (exact) mass is 507 g/mol. The molecule has 1 saturated carbocycles. The van der Waals surface area contributed by atoms with Gasteiger partial charge in [0.05, 0.1) is 10.6 Å². The van der Waals surface area contributed by atoms with Crippen LogP contribution in [-0.2, 0) is 12.0 Å². The van der Waals surface area contributed by atoms with Crippen molar-refractivity contribution in [2.24, 2.45) is 5.92 Å². The molecule has 4 rings (SSSR count). The lowest BCUT2D eigenvalue weighted by Gasteiger charge is -2.53. The van der Waals surface area contributed by atoms with Crippen LogP contribution in [0, 0.1) is 17.8 Å². The van der Waals surface area contributed by atoms with E-state index in [2.05, 4.69) is 84.5 Å². The van der Waals surface area contributed by atoms with Gasteiger partial charge in [-0.25, -0.2) is 0 Å². The number of aliphatic hydroxyl groups is 1. The molecule has 0 radical (unpaired) electrons. The van der Waals surface area contributed by atoms with Gasteiger partial charge < -0.3 is 5.11 Å². The highest BCUT2D eigenvalue weighted by Crippen LogP contribution is 2.60. The Labute approximate surface area is 221 Å². The Hall–Kier alpha value is -1.38. The van der Waals surface area contributed by atoms with Crippen molar-refractivity contribution in [2.45, 2.75) is 67.5 Å². The first kappa shape index (κ1) is 26.7. The van der Waals surface area contributed by atoms with Crippen molar-refractivity contribution in [1.29, 1.82) is 0 Å². The smallest absolute Gasteiger partial charge is 0.116 e. The Bertz CT molecular complexity index is 942. The van der Waals surface area contributed by atoms with Gasteiger partial charge in [0.25, 0.3) is 0 Å². The summed E-state index contributed by atoms with van der Waals surface area (Å²) in [5.41, 5.74) is 1.68. The van der Waals surface area contributed by atoms with Gasteiger partial charge in [0.2, 0.25) is 0 Å². The predicted octanol–water partition coefficient (Wildman–Crippen LogP) is 6.98. The van der Waals surface area contributed by atoms with E-state index in [1.54, 1.807) is 0 Å². The number of thioether (sulfide) groups is 2. The molecule has 1 saturated heterocycles. The second-order valence-electron chi connectivity index (χ2n) is 10.1. The molecule has 0 aromatic heterocycles. The van der Waals surface area contributed by atoms with Gasteiger partial charge in [-0.2, -0.15) is 0 Å². The Balaban J connectivity index is 1.44. The molecule has 188 valence electrons. The molecule has 2 aromatic rings. The summed E-state index contributed by atoms with van der Waals surface area (Å²) in [5.74, 6) is 9.49. The first-order valence-corrected chi connectivity index (χ1v) is 15.4. The Morgan fingerprint density at radius 3 is 2.26 bits per heavy atom.